The van der Waals surface area contributed by atoms with Gasteiger partial charge in [0.25, 0.3) is 5.91 Å². The van der Waals surface area contributed by atoms with Gasteiger partial charge in [-0.15, -0.1) is 0 Å². The number of rotatable bonds is 6. The van der Waals surface area contributed by atoms with Crippen LogP contribution in [-0.4, -0.2) is 26.3 Å². The lowest BCUT2D eigenvalue weighted by Gasteiger charge is -2.33. The van der Waals surface area contributed by atoms with Gasteiger partial charge in [-0.3, -0.25) is 9.59 Å². The first-order valence-electron chi connectivity index (χ1n) is 12.3. The Kier molecular flexibility index (Phi) is 7.74. The van der Waals surface area contributed by atoms with Gasteiger partial charge in [0, 0.05) is 23.2 Å². The van der Waals surface area contributed by atoms with Gasteiger partial charge in [-0.2, -0.15) is 0 Å². The van der Waals surface area contributed by atoms with Crippen molar-refractivity contribution in [3.05, 3.63) is 92.4 Å². The molecule has 198 valence electrons. The molecule has 2 N–H and O–H groups in total. The Morgan fingerprint density at radius 1 is 1.00 bits per heavy atom. The van der Waals surface area contributed by atoms with Gasteiger partial charge in [-0.05, 0) is 85.2 Å². The minimum Gasteiger partial charge on any atom is -0.353 e. The van der Waals surface area contributed by atoms with E-state index in [0.29, 0.717) is 42.0 Å². The van der Waals surface area contributed by atoms with Gasteiger partial charge in [0.15, 0.2) is 9.84 Å². The van der Waals surface area contributed by atoms with Crippen molar-refractivity contribution in [3.63, 3.8) is 0 Å². The molecule has 1 aliphatic carbocycles. The predicted molar refractivity (Wildman–Crippen MR) is 150 cm³/mol. The summed E-state index contributed by atoms with van der Waals surface area (Å²) in [6, 6.07) is 16.5. The minimum absolute atomic E-state index is 0.0355. The number of carbonyl (C=O) groups excluding carboxylic acids is 2. The van der Waals surface area contributed by atoms with Crippen molar-refractivity contribution in [1.82, 2.24) is 5.32 Å². The summed E-state index contributed by atoms with van der Waals surface area (Å²) in [5.41, 5.74) is 2.13. The van der Waals surface area contributed by atoms with Crippen LogP contribution in [0.25, 0.3) is 0 Å². The second-order valence-corrected chi connectivity index (χ2v) is 13.2. The summed E-state index contributed by atoms with van der Waals surface area (Å²) in [7, 11) is -3.81. The van der Waals surface area contributed by atoms with Gasteiger partial charge >= 0.3 is 0 Å². The van der Waals surface area contributed by atoms with Crippen LogP contribution in [0.5, 0.6) is 0 Å². The molecule has 1 aliphatic heterocycles. The summed E-state index contributed by atoms with van der Waals surface area (Å²) in [5, 5.41) is 5.75. The molecule has 0 spiro atoms. The molecule has 0 saturated carbocycles. The Labute approximate surface area is 236 Å². The number of sulfone groups is 1. The molecule has 3 atom stereocenters. The maximum absolute atomic E-state index is 13.9. The maximum atomic E-state index is 13.9. The number of amides is 2. The molecular weight excluding hydrogens is 567 g/mol. The van der Waals surface area contributed by atoms with Crippen molar-refractivity contribution in [2.75, 3.05) is 5.32 Å². The molecule has 6 nitrogen and oxygen atoms in total. The molecule has 5 rings (SSSR count). The molecule has 0 radical (unpaired) electrons. The van der Waals surface area contributed by atoms with Crippen LogP contribution < -0.4 is 10.6 Å². The fraction of sp³-hybridized carbons (Fsp3) is 0.286. The number of benzene rings is 3. The van der Waals surface area contributed by atoms with Gasteiger partial charge in [-0.1, -0.05) is 53.0 Å². The third kappa shape index (κ3) is 5.57. The van der Waals surface area contributed by atoms with Gasteiger partial charge in [0.1, 0.15) is 0 Å². The van der Waals surface area contributed by atoms with Gasteiger partial charge in [0.05, 0.1) is 25.8 Å². The largest absolute Gasteiger partial charge is 0.353 e. The van der Waals surface area contributed by atoms with E-state index in [1.165, 1.54) is 6.07 Å². The molecule has 3 aromatic rings. The highest BCUT2D eigenvalue weighted by Gasteiger charge is 2.38. The zero-order chi connectivity index (χ0) is 27.0. The molecular formula is C28H25Cl3N2O4S. The summed E-state index contributed by atoms with van der Waals surface area (Å²) in [4.78, 5) is 24.9. The Balaban J connectivity index is 1.50. The average molecular weight is 592 g/mol. The van der Waals surface area contributed by atoms with Crippen molar-refractivity contribution in [2.24, 2.45) is 5.92 Å². The molecule has 3 unspecified atom stereocenters. The summed E-state index contributed by atoms with van der Waals surface area (Å²) in [5.74, 6) is -0.388. The lowest BCUT2D eigenvalue weighted by atomic mass is 9.80. The summed E-state index contributed by atoms with van der Waals surface area (Å²) in [6.45, 7) is 0. The van der Waals surface area contributed by atoms with Crippen molar-refractivity contribution < 1.29 is 18.0 Å². The fourth-order valence-electron chi connectivity index (χ4n) is 5.43. The molecule has 1 fully saturated rings. The van der Waals surface area contributed by atoms with Crippen molar-refractivity contribution in [1.29, 1.82) is 0 Å². The molecule has 3 aromatic carbocycles. The number of hydrogen-bond acceptors (Lipinski definition) is 4. The molecule has 2 aliphatic rings. The fourth-order valence-corrected chi connectivity index (χ4v) is 8.22. The lowest BCUT2D eigenvalue weighted by molar-refractivity contribution is -0.119. The molecule has 38 heavy (non-hydrogen) atoms. The van der Waals surface area contributed by atoms with Crippen LogP contribution in [0.2, 0.25) is 15.1 Å². The van der Waals surface area contributed by atoms with Crippen LogP contribution in [0.15, 0.2) is 65.6 Å². The predicted octanol–water partition coefficient (Wildman–Crippen LogP) is 6.65. The number of carbonyl (C=O) groups is 2. The molecule has 0 aromatic heterocycles. The highest BCUT2D eigenvalue weighted by atomic mass is 35.5. The van der Waals surface area contributed by atoms with E-state index in [9.17, 15) is 18.0 Å². The first kappa shape index (κ1) is 27.0. The summed E-state index contributed by atoms with van der Waals surface area (Å²) >= 11 is 18.5. The van der Waals surface area contributed by atoms with E-state index in [2.05, 4.69) is 10.6 Å². The van der Waals surface area contributed by atoms with E-state index in [4.69, 9.17) is 34.8 Å². The standard InChI is InChI=1S/C28H25Cl3N2O4S/c29-18-3-1-4-21(14-18)38(36,37)25-13-16(12-19-9-10-26(34)32-19)11-17-7-8-20(15-22(17)25)33-28(35)27-23(30)5-2-6-24(27)31/h1-8,14-16,19,25H,9-13H2,(H,32,34)(H,33,35). The van der Waals surface area contributed by atoms with Crippen LogP contribution in [0.4, 0.5) is 5.69 Å². The second-order valence-electron chi connectivity index (χ2n) is 9.80. The Hall–Kier alpha value is -2.58. The smallest absolute Gasteiger partial charge is 0.258 e. The monoisotopic (exact) mass is 590 g/mol. The SMILES string of the molecule is O=C1CCC(CC2Cc3ccc(NC(=O)c4c(Cl)cccc4Cl)cc3C(S(=O)(=O)c3cccc(Cl)c3)C2)N1. The zero-order valence-electron chi connectivity index (χ0n) is 20.2. The zero-order valence-corrected chi connectivity index (χ0v) is 23.3. The van der Waals surface area contributed by atoms with Crippen molar-refractivity contribution in [2.45, 2.75) is 48.3 Å². The Morgan fingerprint density at radius 2 is 1.74 bits per heavy atom. The summed E-state index contributed by atoms with van der Waals surface area (Å²) < 4.78 is 27.9. The number of nitrogens with one attached hydrogen (secondary N) is 2. The second kappa shape index (κ2) is 10.9. The van der Waals surface area contributed by atoms with Crippen LogP contribution >= 0.6 is 34.8 Å². The number of anilines is 1. The Bertz CT molecular complexity index is 1510. The highest BCUT2D eigenvalue weighted by Crippen LogP contribution is 2.44. The number of halogens is 3. The molecule has 10 heteroatoms. The topological polar surface area (TPSA) is 92.3 Å². The molecule has 0 bridgehead atoms. The van der Waals surface area contributed by atoms with Crippen LogP contribution in [0, 0.1) is 5.92 Å². The molecule has 1 saturated heterocycles. The van der Waals surface area contributed by atoms with Crippen LogP contribution in [-0.2, 0) is 21.1 Å². The first-order chi connectivity index (χ1) is 18.1. The minimum atomic E-state index is -3.81. The van der Waals surface area contributed by atoms with Gasteiger partial charge < -0.3 is 10.6 Å². The molecule has 1 heterocycles. The van der Waals surface area contributed by atoms with Crippen molar-refractivity contribution in [3.8, 4) is 0 Å². The molecule has 2 amide bonds. The van der Waals surface area contributed by atoms with E-state index >= 15 is 0 Å². The maximum Gasteiger partial charge on any atom is 0.258 e. The quantitative estimate of drug-likeness (QED) is 0.336. The van der Waals surface area contributed by atoms with Gasteiger partial charge in [-0.25, -0.2) is 8.42 Å². The third-order valence-corrected chi connectivity index (χ3v) is 10.2. The Morgan fingerprint density at radius 3 is 2.42 bits per heavy atom. The first-order valence-corrected chi connectivity index (χ1v) is 15.0. The lowest BCUT2D eigenvalue weighted by Crippen LogP contribution is -2.32. The van der Waals surface area contributed by atoms with E-state index in [0.717, 1.165) is 12.0 Å². The summed E-state index contributed by atoms with van der Waals surface area (Å²) in [6.07, 6.45) is 3.02. The van der Waals surface area contributed by atoms with E-state index in [-0.39, 0.29) is 38.4 Å². The third-order valence-electron chi connectivity index (χ3n) is 7.20. The van der Waals surface area contributed by atoms with E-state index < -0.39 is 21.0 Å². The number of hydrogen-bond donors (Lipinski definition) is 2. The van der Waals surface area contributed by atoms with Crippen LogP contribution in [0.3, 0.4) is 0 Å². The number of fused-ring (bicyclic) bond motifs is 1. The van der Waals surface area contributed by atoms with Crippen molar-refractivity contribution >= 4 is 62.1 Å². The average Bonchev–Trinajstić information content (AvgIpc) is 3.28. The normalized spacial score (nSPS) is 21.0. The van der Waals surface area contributed by atoms with E-state index in [1.54, 1.807) is 48.5 Å². The highest BCUT2D eigenvalue weighted by molar-refractivity contribution is 7.91. The van der Waals surface area contributed by atoms with Crippen LogP contribution in [0.1, 0.15) is 52.4 Å². The van der Waals surface area contributed by atoms with Gasteiger partial charge in [0.2, 0.25) is 5.91 Å². The van der Waals surface area contributed by atoms with E-state index in [1.807, 2.05) is 6.07 Å².